The minimum absolute atomic E-state index is 0.492. The Morgan fingerprint density at radius 3 is 2.71 bits per heavy atom. The number of nitrogens with zero attached hydrogens (tertiary/aromatic N) is 1. The number of nitrogens with one attached hydrogen (secondary N) is 2. The number of hydrogen-bond acceptors (Lipinski definition) is 2. The number of benzene rings is 1. The largest absolute Gasteiger partial charge is 0.324 e. The number of hydrazine groups is 1. The molecule has 4 N–H and O–H groups in total. The number of guanidine groups is 1. The number of hydrogen-bond donors (Lipinski definition) is 3. The van der Waals surface area contributed by atoms with Crippen LogP contribution in [0.2, 0.25) is 0 Å². The number of aliphatic imine (C=N–C) groups is 1. The second-order valence-electron chi connectivity index (χ2n) is 3.98. The predicted octanol–water partition coefficient (Wildman–Crippen LogP) is 3.10. The van der Waals surface area contributed by atoms with Crippen molar-refractivity contribution in [1.82, 2.24) is 5.43 Å². The van der Waals surface area contributed by atoms with Crippen molar-refractivity contribution >= 4 is 43.5 Å². The molecule has 0 atom stereocenters. The highest BCUT2D eigenvalue weighted by Gasteiger charge is 2.03. The maximum Gasteiger partial charge on any atom is 0.210 e. The summed E-state index contributed by atoms with van der Waals surface area (Å²) in [4.78, 5) is 4.34. The van der Waals surface area contributed by atoms with Crippen LogP contribution in [0.25, 0.3) is 0 Å². The second-order valence-corrected chi connectivity index (χ2v) is 5.75. The molecule has 0 saturated heterocycles. The first-order valence-corrected chi connectivity index (χ1v) is 6.84. The zero-order valence-electron chi connectivity index (χ0n) is 9.80. The molecule has 0 aromatic heterocycles. The third-order valence-electron chi connectivity index (χ3n) is 1.93. The molecule has 0 bridgehead atoms. The number of halogens is 2. The maximum atomic E-state index is 5.42. The summed E-state index contributed by atoms with van der Waals surface area (Å²) in [6, 6.07) is 5.85. The van der Waals surface area contributed by atoms with E-state index in [2.05, 4.69) is 61.4 Å². The van der Waals surface area contributed by atoms with Crippen LogP contribution in [-0.4, -0.2) is 12.5 Å². The zero-order valence-corrected chi connectivity index (χ0v) is 13.0. The van der Waals surface area contributed by atoms with Gasteiger partial charge in [-0.25, -0.2) is 5.84 Å². The quantitative estimate of drug-likeness (QED) is 0.334. The highest BCUT2D eigenvalue weighted by Crippen LogP contribution is 2.25. The average molecular weight is 364 g/mol. The molecule has 1 aromatic carbocycles. The molecule has 0 saturated carbocycles. The molecular formula is C11H16Br2N4. The molecule has 1 rings (SSSR count). The van der Waals surface area contributed by atoms with Gasteiger partial charge in [-0.05, 0) is 40.0 Å². The summed E-state index contributed by atoms with van der Waals surface area (Å²) in [7, 11) is 0. The van der Waals surface area contributed by atoms with E-state index in [-0.39, 0.29) is 0 Å². The van der Waals surface area contributed by atoms with Gasteiger partial charge in [0.05, 0.1) is 5.69 Å². The van der Waals surface area contributed by atoms with Gasteiger partial charge in [0.2, 0.25) is 5.96 Å². The second kappa shape index (κ2) is 6.98. The van der Waals surface area contributed by atoms with Crippen LogP contribution in [0.4, 0.5) is 5.69 Å². The first-order chi connectivity index (χ1) is 8.02. The molecule has 0 radical (unpaired) electrons. The summed E-state index contributed by atoms with van der Waals surface area (Å²) in [6.07, 6.45) is 0. The molecule has 6 heteroatoms. The van der Waals surface area contributed by atoms with Gasteiger partial charge < -0.3 is 5.32 Å². The van der Waals surface area contributed by atoms with Gasteiger partial charge in [-0.2, -0.15) is 0 Å². The third kappa shape index (κ3) is 5.06. The normalized spacial score (nSPS) is 11.8. The van der Waals surface area contributed by atoms with Crippen molar-refractivity contribution < 1.29 is 0 Å². The van der Waals surface area contributed by atoms with E-state index >= 15 is 0 Å². The Morgan fingerprint density at radius 2 is 2.12 bits per heavy atom. The van der Waals surface area contributed by atoms with E-state index < -0.39 is 0 Å². The number of anilines is 1. The van der Waals surface area contributed by atoms with Gasteiger partial charge in [-0.15, -0.1) is 0 Å². The predicted molar refractivity (Wildman–Crippen MR) is 79.9 cm³/mol. The van der Waals surface area contributed by atoms with E-state index in [1.165, 1.54) is 0 Å². The zero-order chi connectivity index (χ0) is 12.8. The standard InChI is InChI=1S/C11H16Br2N4/c1-7(2)6-15-11(17-14)16-10-5-8(12)3-4-9(10)13/h3-5,7H,6,14H2,1-2H3,(H2,15,16,17). The van der Waals surface area contributed by atoms with E-state index in [1.54, 1.807) is 0 Å². The summed E-state index contributed by atoms with van der Waals surface area (Å²) >= 11 is 6.88. The number of nitrogens with two attached hydrogens (primary N) is 1. The van der Waals surface area contributed by atoms with Crippen molar-refractivity contribution in [3.63, 3.8) is 0 Å². The van der Waals surface area contributed by atoms with E-state index in [0.717, 1.165) is 21.2 Å². The summed E-state index contributed by atoms with van der Waals surface area (Å²) in [5.74, 6) is 6.47. The lowest BCUT2D eigenvalue weighted by Gasteiger charge is -2.11. The molecule has 17 heavy (non-hydrogen) atoms. The summed E-state index contributed by atoms with van der Waals surface area (Å²) in [6.45, 7) is 4.93. The maximum absolute atomic E-state index is 5.42. The van der Waals surface area contributed by atoms with Crippen molar-refractivity contribution in [1.29, 1.82) is 0 Å². The molecular weight excluding hydrogens is 348 g/mol. The molecule has 0 aliphatic rings. The molecule has 0 fully saturated rings. The lowest BCUT2D eigenvalue weighted by molar-refractivity contribution is 0.663. The van der Waals surface area contributed by atoms with E-state index in [9.17, 15) is 0 Å². The minimum atomic E-state index is 0.492. The summed E-state index contributed by atoms with van der Waals surface area (Å²) < 4.78 is 1.94. The van der Waals surface area contributed by atoms with Gasteiger partial charge in [0, 0.05) is 15.5 Å². The van der Waals surface area contributed by atoms with Crippen LogP contribution in [-0.2, 0) is 0 Å². The Labute approximate surface area is 118 Å². The van der Waals surface area contributed by atoms with E-state index in [4.69, 9.17) is 5.84 Å². The third-order valence-corrected chi connectivity index (χ3v) is 3.12. The SMILES string of the molecule is CC(C)CN=C(NN)Nc1cc(Br)ccc1Br. The van der Waals surface area contributed by atoms with Crippen LogP contribution in [0.5, 0.6) is 0 Å². The van der Waals surface area contributed by atoms with Crippen LogP contribution in [0.3, 0.4) is 0 Å². The lowest BCUT2D eigenvalue weighted by atomic mass is 10.2. The molecule has 0 spiro atoms. The minimum Gasteiger partial charge on any atom is -0.324 e. The molecule has 0 unspecified atom stereocenters. The van der Waals surface area contributed by atoms with Crippen molar-refractivity contribution in [2.45, 2.75) is 13.8 Å². The highest BCUT2D eigenvalue weighted by atomic mass is 79.9. The lowest BCUT2D eigenvalue weighted by Crippen LogP contribution is -2.36. The Hall–Kier alpha value is -0.590. The van der Waals surface area contributed by atoms with Gasteiger partial charge in [0.1, 0.15) is 0 Å². The van der Waals surface area contributed by atoms with Crippen LogP contribution in [0.1, 0.15) is 13.8 Å². The average Bonchev–Trinajstić information content (AvgIpc) is 2.28. The fourth-order valence-corrected chi connectivity index (χ4v) is 1.82. The van der Waals surface area contributed by atoms with Gasteiger partial charge in [-0.1, -0.05) is 29.8 Å². The van der Waals surface area contributed by atoms with E-state index in [1.807, 2.05) is 18.2 Å². The van der Waals surface area contributed by atoms with Crippen molar-refractivity contribution in [3.8, 4) is 0 Å². The first kappa shape index (κ1) is 14.5. The van der Waals surface area contributed by atoms with Crippen molar-refractivity contribution in [2.75, 3.05) is 11.9 Å². The fourth-order valence-electron chi connectivity index (χ4n) is 1.12. The Morgan fingerprint density at radius 1 is 1.41 bits per heavy atom. The molecule has 0 aliphatic heterocycles. The van der Waals surface area contributed by atoms with Gasteiger partial charge in [0.25, 0.3) is 0 Å². The summed E-state index contributed by atoms with van der Waals surface area (Å²) in [5, 5.41) is 3.13. The molecule has 1 aromatic rings. The Bertz CT molecular complexity index is 404. The number of rotatable bonds is 3. The molecule has 0 heterocycles. The van der Waals surface area contributed by atoms with Crippen LogP contribution < -0.4 is 16.6 Å². The molecule has 4 nitrogen and oxygen atoms in total. The Kier molecular flexibility index (Phi) is 5.94. The van der Waals surface area contributed by atoms with E-state index in [0.29, 0.717) is 11.9 Å². The van der Waals surface area contributed by atoms with Gasteiger partial charge in [-0.3, -0.25) is 10.4 Å². The van der Waals surface area contributed by atoms with Crippen LogP contribution in [0.15, 0.2) is 32.1 Å². The van der Waals surface area contributed by atoms with Crippen molar-refractivity contribution in [2.24, 2.45) is 16.8 Å². The highest BCUT2D eigenvalue weighted by molar-refractivity contribution is 9.11. The van der Waals surface area contributed by atoms with Gasteiger partial charge in [0.15, 0.2) is 0 Å². The van der Waals surface area contributed by atoms with Crippen LogP contribution in [0, 0.1) is 5.92 Å². The smallest absolute Gasteiger partial charge is 0.210 e. The van der Waals surface area contributed by atoms with Gasteiger partial charge >= 0.3 is 0 Å². The van der Waals surface area contributed by atoms with Crippen molar-refractivity contribution in [3.05, 3.63) is 27.1 Å². The first-order valence-electron chi connectivity index (χ1n) is 5.26. The molecule has 0 aliphatic carbocycles. The molecule has 0 amide bonds. The fraction of sp³-hybridized carbons (Fsp3) is 0.364. The molecule has 94 valence electrons. The Balaban J connectivity index is 2.80. The summed E-state index contributed by atoms with van der Waals surface area (Å²) in [5.41, 5.74) is 3.46. The van der Waals surface area contributed by atoms with Crippen LogP contribution >= 0.6 is 31.9 Å². The topological polar surface area (TPSA) is 62.4 Å². The monoisotopic (exact) mass is 362 g/mol.